The highest BCUT2D eigenvalue weighted by atomic mass is 16.5. The number of pyridine rings is 1. The van der Waals surface area contributed by atoms with Crippen LogP contribution in [0.15, 0.2) is 12.1 Å². The van der Waals surface area contributed by atoms with Gasteiger partial charge in [-0.05, 0) is 37.3 Å². The van der Waals surface area contributed by atoms with Crippen LogP contribution in [0.5, 0.6) is 5.88 Å². The molecule has 0 spiro atoms. The number of nitrogens with two attached hydrogens (primary N) is 1. The monoisotopic (exact) mass is 263 g/mol. The molecule has 4 nitrogen and oxygen atoms in total. The summed E-state index contributed by atoms with van der Waals surface area (Å²) in [5, 5.41) is 0. The molecule has 19 heavy (non-hydrogen) atoms. The number of rotatable bonds is 5. The molecule has 1 aromatic rings. The van der Waals surface area contributed by atoms with Gasteiger partial charge in [0.1, 0.15) is 5.82 Å². The summed E-state index contributed by atoms with van der Waals surface area (Å²) in [6.07, 6.45) is 4.79. The molecule has 1 unspecified atom stereocenters. The van der Waals surface area contributed by atoms with Crippen molar-refractivity contribution in [3.63, 3.8) is 0 Å². The number of piperidine rings is 1. The minimum Gasteiger partial charge on any atom is -0.476 e. The first-order chi connectivity index (χ1) is 9.24. The average Bonchev–Trinajstić information content (AvgIpc) is 2.46. The molecule has 2 heterocycles. The summed E-state index contributed by atoms with van der Waals surface area (Å²) >= 11 is 0. The zero-order valence-electron chi connectivity index (χ0n) is 12.1. The van der Waals surface area contributed by atoms with Gasteiger partial charge in [0.05, 0.1) is 12.3 Å². The predicted octanol–water partition coefficient (Wildman–Crippen LogP) is 3.08. The van der Waals surface area contributed by atoms with E-state index in [-0.39, 0.29) is 0 Å². The van der Waals surface area contributed by atoms with Crippen molar-refractivity contribution in [2.24, 2.45) is 5.92 Å². The van der Waals surface area contributed by atoms with E-state index in [4.69, 9.17) is 10.5 Å². The van der Waals surface area contributed by atoms with Crippen LogP contribution in [-0.2, 0) is 0 Å². The number of ether oxygens (including phenoxy) is 1. The van der Waals surface area contributed by atoms with Gasteiger partial charge in [-0.3, -0.25) is 0 Å². The standard InChI is InChI=1S/C15H25N3O/c1-3-10-19-15-13(16)7-8-14(17-15)18-9-5-6-12(4-2)11-18/h7-8,12H,3-6,9-11,16H2,1-2H3. The fourth-order valence-corrected chi connectivity index (χ4v) is 2.54. The summed E-state index contributed by atoms with van der Waals surface area (Å²) in [6, 6.07) is 3.91. The fraction of sp³-hybridized carbons (Fsp3) is 0.667. The SMILES string of the molecule is CCCOc1nc(N2CCCC(CC)C2)ccc1N. The van der Waals surface area contributed by atoms with Gasteiger partial charge < -0.3 is 15.4 Å². The Morgan fingerprint density at radius 3 is 3.00 bits per heavy atom. The molecule has 0 amide bonds. The van der Waals surface area contributed by atoms with E-state index in [0.717, 1.165) is 31.2 Å². The van der Waals surface area contributed by atoms with E-state index in [2.05, 4.69) is 23.7 Å². The Kier molecular flexibility index (Phi) is 4.88. The highest BCUT2D eigenvalue weighted by Gasteiger charge is 2.20. The summed E-state index contributed by atoms with van der Waals surface area (Å²) in [5.41, 5.74) is 6.53. The largest absolute Gasteiger partial charge is 0.476 e. The molecule has 0 radical (unpaired) electrons. The lowest BCUT2D eigenvalue weighted by atomic mass is 9.96. The van der Waals surface area contributed by atoms with E-state index in [9.17, 15) is 0 Å². The van der Waals surface area contributed by atoms with Crippen LogP contribution in [0.3, 0.4) is 0 Å². The first-order valence-corrected chi connectivity index (χ1v) is 7.38. The van der Waals surface area contributed by atoms with Gasteiger partial charge in [-0.1, -0.05) is 20.3 Å². The highest BCUT2D eigenvalue weighted by Crippen LogP contribution is 2.27. The lowest BCUT2D eigenvalue weighted by Crippen LogP contribution is -2.35. The summed E-state index contributed by atoms with van der Waals surface area (Å²) in [6.45, 7) is 7.19. The van der Waals surface area contributed by atoms with Gasteiger partial charge >= 0.3 is 0 Å². The fourth-order valence-electron chi connectivity index (χ4n) is 2.54. The molecule has 2 N–H and O–H groups in total. The van der Waals surface area contributed by atoms with Crippen molar-refractivity contribution in [3.8, 4) is 5.88 Å². The Morgan fingerprint density at radius 1 is 1.42 bits per heavy atom. The average molecular weight is 263 g/mol. The molecular formula is C15H25N3O. The minimum absolute atomic E-state index is 0.581. The molecule has 1 aliphatic rings. The summed E-state index contributed by atoms with van der Waals surface area (Å²) in [5.74, 6) is 2.37. The number of hydrogen-bond donors (Lipinski definition) is 1. The topological polar surface area (TPSA) is 51.4 Å². The van der Waals surface area contributed by atoms with Crippen molar-refractivity contribution >= 4 is 11.5 Å². The van der Waals surface area contributed by atoms with Gasteiger partial charge in [-0.15, -0.1) is 0 Å². The molecule has 0 saturated carbocycles. The van der Waals surface area contributed by atoms with Crippen molar-refractivity contribution in [3.05, 3.63) is 12.1 Å². The van der Waals surface area contributed by atoms with Gasteiger partial charge in [0.15, 0.2) is 0 Å². The van der Waals surface area contributed by atoms with Crippen molar-refractivity contribution < 1.29 is 4.74 Å². The lowest BCUT2D eigenvalue weighted by molar-refractivity contribution is 0.306. The molecule has 0 aromatic carbocycles. The van der Waals surface area contributed by atoms with Crippen LogP contribution in [-0.4, -0.2) is 24.7 Å². The maximum Gasteiger partial charge on any atom is 0.239 e. The van der Waals surface area contributed by atoms with Crippen molar-refractivity contribution in [2.75, 3.05) is 30.3 Å². The summed E-state index contributed by atoms with van der Waals surface area (Å²) in [4.78, 5) is 6.94. The number of nitrogen functional groups attached to an aromatic ring is 1. The third-order valence-electron chi connectivity index (χ3n) is 3.74. The van der Waals surface area contributed by atoms with Crippen molar-refractivity contribution in [2.45, 2.75) is 39.5 Å². The maximum atomic E-state index is 5.91. The number of aromatic nitrogens is 1. The van der Waals surface area contributed by atoms with E-state index in [1.807, 2.05) is 12.1 Å². The van der Waals surface area contributed by atoms with E-state index in [1.165, 1.54) is 19.3 Å². The first kappa shape index (κ1) is 14.0. The highest BCUT2D eigenvalue weighted by molar-refractivity contribution is 5.54. The Balaban J connectivity index is 2.10. The van der Waals surface area contributed by atoms with E-state index in [1.54, 1.807) is 0 Å². The maximum absolute atomic E-state index is 5.91. The molecule has 1 atom stereocenters. The summed E-state index contributed by atoms with van der Waals surface area (Å²) in [7, 11) is 0. The molecular weight excluding hydrogens is 238 g/mol. The van der Waals surface area contributed by atoms with E-state index < -0.39 is 0 Å². The Bertz CT molecular complexity index is 408. The normalized spacial score (nSPS) is 19.5. The van der Waals surface area contributed by atoms with Gasteiger partial charge in [-0.25, -0.2) is 0 Å². The van der Waals surface area contributed by atoms with Crippen LogP contribution in [0.25, 0.3) is 0 Å². The quantitative estimate of drug-likeness (QED) is 0.887. The lowest BCUT2D eigenvalue weighted by Gasteiger charge is -2.33. The second-order valence-corrected chi connectivity index (χ2v) is 5.27. The van der Waals surface area contributed by atoms with Crippen LogP contribution in [0, 0.1) is 5.92 Å². The molecule has 4 heteroatoms. The zero-order valence-corrected chi connectivity index (χ0v) is 12.1. The van der Waals surface area contributed by atoms with Gasteiger partial charge in [0.2, 0.25) is 5.88 Å². The molecule has 1 aliphatic heterocycles. The zero-order chi connectivity index (χ0) is 13.7. The van der Waals surface area contributed by atoms with Crippen molar-refractivity contribution in [1.82, 2.24) is 4.98 Å². The second-order valence-electron chi connectivity index (χ2n) is 5.27. The van der Waals surface area contributed by atoms with Gasteiger partial charge in [0.25, 0.3) is 0 Å². The molecule has 1 aromatic heterocycles. The van der Waals surface area contributed by atoms with Crippen LogP contribution < -0.4 is 15.4 Å². The van der Waals surface area contributed by atoms with Crippen LogP contribution in [0.4, 0.5) is 11.5 Å². The molecule has 0 aliphatic carbocycles. The number of hydrogen-bond acceptors (Lipinski definition) is 4. The minimum atomic E-state index is 0.581. The predicted molar refractivity (Wildman–Crippen MR) is 79.7 cm³/mol. The Morgan fingerprint density at radius 2 is 2.26 bits per heavy atom. The van der Waals surface area contributed by atoms with Crippen LogP contribution in [0.2, 0.25) is 0 Å². The third-order valence-corrected chi connectivity index (χ3v) is 3.74. The number of nitrogens with zero attached hydrogens (tertiary/aromatic N) is 2. The third kappa shape index (κ3) is 3.52. The Labute approximate surface area is 116 Å². The molecule has 1 fully saturated rings. The second kappa shape index (κ2) is 6.64. The molecule has 106 valence electrons. The van der Waals surface area contributed by atoms with Gasteiger partial charge in [-0.2, -0.15) is 4.98 Å². The van der Waals surface area contributed by atoms with E-state index >= 15 is 0 Å². The smallest absolute Gasteiger partial charge is 0.239 e. The molecule has 1 saturated heterocycles. The molecule has 2 rings (SSSR count). The Hall–Kier alpha value is -1.45. The summed E-state index contributed by atoms with van der Waals surface area (Å²) < 4.78 is 5.61. The van der Waals surface area contributed by atoms with Gasteiger partial charge in [0, 0.05) is 13.1 Å². The first-order valence-electron chi connectivity index (χ1n) is 7.38. The molecule has 0 bridgehead atoms. The van der Waals surface area contributed by atoms with E-state index in [0.29, 0.717) is 18.2 Å². The number of anilines is 2. The van der Waals surface area contributed by atoms with Crippen molar-refractivity contribution in [1.29, 1.82) is 0 Å². The van der Waals surface area contributed by atoms with Crippen LogP contribution in [0.1, 0.15) is 39.5 Å². The van der Waals surface area contributed by atoms with Crippen LogP contribution >= 0.6 is 0 Å².